The highest BCUT2D eigenvalue weighted by atomic mass is 32.1. The van der Waals surface area contributed by atoms with Gasteiger partial charge in [-0.3, -0.25) is 4.79 Å². The van der Waals surface area contributed by atoms with Crippen LogP contribution in [-0.2, 0) is 11.3 Å². The largest absolute Gasteiger partial charge is 0.350 e. The molecule has 1 heterocycles. The molecule has 1 aromatic heterocycles. The number of aromatic nitrogens is 1. The molecule has 0 aliphatic heterocycles. The molecule has 0 saturated carbocycles. The Balaban J connectivity index is 2.31. The molecular formula is C11H19N3OS. The van der Waals surface area contributed by atoms with Crippen molar-refractivity contribution in [3.05, 3.63) is 15.6 Å². The van der Waals surface area contributed by atoms with Gasteiger partial charge >= 0.3 is 0 Å². The summed E-state index contributed by atoms with van der Waals surface area (Å²) in [5.41, 5.74) is 1.06. The van der Waals surface area contributed by atoms with E-state index in [4.69, 9.17) is 0 Å². The first-order chi connectivity index (χ1) is 7.49. The quantitative estimate of drug-likeness (QED) is 0.846. The second-order valence-corrected chi connectivity index (χ2v) is 5.37. The van der Waals surface area contributed by atoms with Crippen molar-refractivity contribution in [2.24, 2.45) is 0 Å². The average molecular weight is 241 g/mol. The van der Waals surface area contributed by atoms with Crippen LogP contribution in [0.4, 0.5) is 0 Å². The molecule has 0 aromatic carbocycles. The maximum atomic E-state index is 11.5. The molecule has 1 N–H and O–H groups in total. The van der Waals surface area contributed by atoms with Crippen molar-refractivity contribution in [2.45, 2.75) is 26.8 Å². The van der Waals surface area contributed by atoms with Crippen LogP contribution in [0.15, 0.2) is 0 Å². The summed E-state index contributed by atoms with van der Waals surface area (Å²) in [5.74, 6) is 0.0826. The molecule has 0 aliphatic carbocycles. The van der Waals surface area contributed by atoms with Crippen LogP contribution in [0.1, 0.15) is 22.0 Å². The fourth-order valence-electron chi connectivity index (χ4n) is 1.20. The van der Waals surface area contributed by atoms with Gasteiger partial charge in [-0.2, -0.15) is 0 Å². The summed E-state index contributed by atoms with van der Waals surface area (Å²) in [6.45, 7) is 5.36. The van der Waals surface area contributed by atoms with E-state index in [0.717, 1.165) is 17.2 Å². The fraction of sp³-hybridized carbons (Fsp3) is 0.636. The number of rotatable bonds is 5. The van der Waals surface area contributed by atoms with Crippen molar-refractivity contribution in [1.29, 1.82) is 0 Å². The summed E-state index contributed by atoms with van der Waals surface area (Å²) < 4.78 is 0. The van der Waals surface area contributed by atoms with Crippen LogP contribution in [0, 0.1) is 13.8 Å². The number of thiazole rings is 1. The Morgan fingerprint density at radius 2 is 2.12 bits per heavy atom. The lowest BCUT2D eigenvalue weighted by Gasteiger charge is -2.08. The van der Waals surface area contributed by atoms with Crippen LogP contribution in [0.25, 0.3) is 0 Å². The summed E-state index contributed by atoms with van der Waals surface area (Å²) >= 11 is 1.64. The standard InChI is InChI=1S/C11H19N3OS/c1-8-9(2)16-11(13-8)7-12-10(15)5-6-14(3)4/h5-7H2,1-4H3,(H,12,15). The smallest absolute Gasteiger partial charge is 0.221 e. The molecule has 1 amide bonds. The molecule has 0 radical (unpaired) electrons. The zero-order chi connectivity index (χ0) is 12.1. The zero-order valence-corrected chi connectivity index (χ0v) is 11.1. The van der Waals surface area contributed by atoms with Gasteiger partial charge in [0, 0.05) is 17.8 Å². The molecule has 1 rings (SSSR count). The molecule has 0 fully saturated rings. The monoisotopic (exact) mass is 241 g/mol. The number of carbonyl (C=O) groups is 1. The van der Waals surface area contributed by atoms with Gasteiger partial charge in [0.2, 0.25) is 5.91 Å². The van der Waals surface area contributed by atoms with Gasteiger partial charge in [0.05, 0.1) is 12.2 Å². The fourth-order valence-corrected chi connectivity index (χ4v) is 2.08. The van der Waals surface area contributed by atoms with Gasteiger partial charge in [0.1, 0.15) is 5.01 Å². The predicted molar refractivity (Wildman–Crippen MR) is 66.6 cm³/mol. The molecule has 1 aromatic rings. The van der Waals surface area contributed by atoms with E-state index in [2.05, 4.69) is 10.3 Å². The highest BCUT2D eigenvalue weighted by molar-refractivity contribution is 7.11. The molecule has 0 spiro atoms. The van der Waals surface area contributed by atoms with Gasteiger partial charge < -0.3 is 10.2 Å². The van der Waals surface area contributed by atoms with Crippen molar-refractivity contribution in [2.75, 3.05) is 20.6 Å². The van der Waals surface area contributed by atoms with Crippen LogP contribution >= 0.6 is 11.3 Å². The third kappa shape index (κ3) is 4.28. The maximum absolute atomic E-state index is 11.5. The van der Waals surface area contributed by atoms with Crippen LogP contribution in [0.5, 0.6) is 0 Å². The van der Waals surface area contributed by atoms with Gasteiger partial charge in [-0.05, 0) is 27.9 Å². The summed E-state index contributed by atoms with van der Waals surface area (Å²) in [6, 6.07) is 0. The van der Waals surface area contributed by atoms with E-state index in [9.17, 15) is 4.79 Å². The molecule has 0 bridgehead atoms. The minimum Gasteiger partial charge on any atom is -0.350 e. The van der Waals surface area contributed by atoms with E-state index in [1.54, 1.807) is 11.3 Å². The van der Waals surface area contributed by atoms with Gasteiger partial charge in [0.25, 0.3) is 0 Å². The Kier molecular flexibility index (Phi) is 4.89. The summed E-state index contributed by atoms with van der Waals surface area (Å²) in [7, 11) is 3.92. The highest BCUT2D eigenvalue weighted by Crippen LogP contribution is 2.15. The second kappa shape index (κ2) is 5.96. The molecule has 0 aliphatic rings. The van der Waals surface area contributed by atoms with Crippen molar-refractivity contribution >= 4 is 17.2 Å². The number of hydrogen-bond donors (Lipinski definition) is 1. The lowest BCUT2D eigenvalue weighted by atomic mass is 10.4. The Labute approximate surface area is 101 Å². The molecule has 5 heteroatoms. The Morgan fingerprint density at radius 3 is 2.62 bits per heavy atom. The maximum Gasteiger partial charge on any atom is 0.221 e. The van der Waals surface area contributed by atoms with E-state index in [1.165, 1.54) is 4.88 Å². The van der Waals surface area contributed by atoms with Crippen molar-refractivity contribution in [1.82, 2.24) is 15.2 Å². The molecule has 0 saturated heterocycles. The summed E-state index contributed by atoms with van der Waals surface area (Å²) in [4.78, 5) is 19.0. The van der Waals surface area contributed by atoms with Crippen LogP contribution < -0.4 is 5.32 Å². The topological polar surface area (TPSA) is 45.2 Å². The average Bonchev–Trinajstić information content (AvgIpc) is 2.52. The van der Waals surface area contributed by atoms with E-state index >= 15 is 0 Å². The highest BCUT2D eigenvalue weighted by Gasteiger charge is 2.06. The number of amides is 1. The van der Waals surface area contributed by atoms with Crippen LogP contribution in [-0.4, -0.2) is 36.4 Å². The number of carbonyl (C=O) groups excluding carboxylic acids is 1. The molecule has 16 heavy (non-hydrogen) atoms. The zero-order valence-electron chi connectivity index (χ0n) is 10.3. The molecule has 4 nitrogen and oxygen atoms in total. The van der Waals surface area contributed by atoms with Crippen molar-refractivity contribution < 1.29 is 4.79 Å². The first-order valence-electron chi connectivity index (χ1n) is 5.33. The first-order valence-corrected chi connectivity index (χ1v) is 6.15. The number of aryl methyl sites for hydroxylation is 2. The Hall–Kier alpha value is -0.940. The van der Waals surface area contributed by atoms with Gasteiger partial charge in [-0.25, -0.2) is 4.98 Å². The Morgan fingerprint density at radius 1 is 1.44 bits per heavy atom. The first kappa shape index (κ1) is 13.1. The molecule has 0 atom stereocenters. The molecular weight excluding hydrogens is 222 g/mol. The SMILES string of the molecule is Cc1nc(CNC(=O)CCN(C)C)sc1C. The summed E-state index contributed by atoms with van der Waals surface area (Å²) in [6.07, 6.45) is 0.538. The van der Waals surface area contributed by atoms with Gasteiger partial charge in [-0.1, -0.05) is 0 Å². The van der Waals surface area contributed by atoms with E-state index < -0.39 is 0 Å². The molecule has 90 valence electrons. The minimum absolute atomic E-state index is 0.0826. The lowest BCUT2D eigenvalue weighted by molar-refractivity contribution is -0.121. The minimum atomic E-state index is 0.0826. The van der Waals surface area contributed by atoms with Crippen molar-refractivity contribution in [3.63, 3.8) is 0 Å². The predicted octanol–water partition coefficient (Wildman–Crippen LogP) is 1.33. The number of nitrogens with zero attached hydrogens (tertiary/aromatic N) is 2. The van der Waals surface area contributed by atoms with E-state index in [0.29, 0.717) is 13.0 Å². The van der Waals surface area contributed by atoms with Crippen LogP contribution in [0.2, 0.25) is 0 Å². The van der Waals surface area contributed by atoms with Crippen molar-refractivity contribution in [3.8, 4) is 0 Å². The van der Waals surface area contributed by atoms with Gasteiger partial charge in [0.15, 0.2) is 0 Å². The normalized spacial score (nSPS) is 10.8. The third-order valence-electron chi connectivity index (χ3n) is 2.30. The molecule has 0 unspecified atom stereocenters. The number of nitrogens with one attached hydrogen (secondary N) is 1. The Bertz CT molecular complexity index is 341. The second-order valence-electron chi connectivity index (χ2n) is 4.08. The van der Waals surface area contributed by atoms with Gasteiger partial charge in [-0.15, -0.1) is 11.3 Å². The van der Waals surface area contributed by atoms with E-state index in [-0.39, 0.29) is 5.91 Å². The van der Waals surface area contributed by atoms with Crippen LogP contribution in [0.3, 0.4) is 0 Å². The summed E-state index contributed by atoms with van der Waals surface area (Å²) in [5, 5.41) is 3.86. The lowest BCUT2D eigenvalue weighted by Crippen LogP contribution is -2.26. The van der Waals surface area contributed by atoms with E-state index in [1.807, 2.05) is 32.8 Å². The number of hydrogen-bond acceptors (Lipinski definition) is 4. The third-order valence-corrected chi connectivity index (χ3v) is 3.37.